The fourth-order valence-corrected chi connectivity index (χ4v) is 6.92. The van der Waals surface area contributed by atoms with Gasteiger partial charge in [-0.15, -0.1) is 0 Å². The number of hydrogen-bond acceptors (Lipinski definition) is 5. The third kappa shape index (κ3) is 3.10. The minimum absolute atomic E-state index is 0.0558. The zero-order chi connectivity index (χ0) is 22.0. The van der Waals surface area contributed by atoms with E-state index >= 15 is 0 Å². The molecule has 0 radical (unpaired) electrons. The number of benzene rings is 1. The Hall–Kier alpha value is -2.65. The van der Waals surface area contributed by atoms with Crippen molar-refractivity contribution in [3.05, 3.63) is 59.7 Å². The Balaban J connectivity index is 1.30. The molecule has 1 unspecified atom stereocenters. The van der Waals surface area contributed by atoms with E-state index < -0.39 is 15.8 Å². The first-order valence-corrected chi connectivity index (χ1v) is 11.7. The molecule has 9 heteroatoms. The maximum atomic E-state index is 14.0. The highest BCUT2D eigenvalue weighted by molar-refractivity contribution is 7.89. The Morgan fingerprint density at radius 2 is 1.81 bits per heavy atom. The molecule has 2 aliphatic heterocycles. The summed E-state index contributed by atoms with van der Waals surface area (Å²) in [6.07, 6.45) is 3.06. The number of nitrogens with zero attached hydrogens (tertiary/aromatic N) is 3. The molecule has 0 N–H and O–H groups in total. The third-order valence-corrected chi connectivity index (χ3v) is 8.53. The average Bonchev–Trinajstić information content (AvgIpc) is 2.76. The van der Waals surface area contributed by atoms with Crippen LogP contribution < -0.4 is 0 Å². The molecule has 31 heavy (non-hydrogen) atoms. The van der Waals surface area contributed by atoms with E-state index in [1.54, 1.807) is 17.0 Å². The van der Waals surface area contributed by atoms with Gasteiger partial charge in [0.2, 0.25) is 10.0 Å². The van der Waals surface area contributed by atoms with Crippen LogP contribution in [0.3, 0.4) is 0 Å². The lowest BCUT2D eigenvalue weighted by Gasteiger charge is -2.60. The number of carbonyl (C=O) groups excluding carboxylic acids is 2. The highest BCUT2D eigenvalue weighted by atomic mass is 32.2. The van der Waals surface area contributed by atoms with Crippen molar-refractivity contribution in [3.63, 3.8) is 0 Å². The van der Waals surface area contributed by atoms with Gasteiger partial charge in [-0.2, -0.15) is 4.31 Å². The smallest absolute Gasteiger partial charge is 0.256 e. The Morgan fingerprint density at radius 1 is 1.10 bits per heavy atom. The topological polar surface area (TPSA) is 87.7 Å². The van der Waals surface area contributed by atoms with Crippen LogP contribution in [0.15, 0.2) is 47.5 Å². The Kier molecular flexibility index (Phi) is 4.53. The average molecular weight is 444 g/mol. The summed E-state index contributed by atoms with van der Waals surface area (Å²) in [7, 11) is -3.87. The molecule has 1 spiro atoms. The zero-order valence-corrected chi connectivity index (χ0v) is 17.8. The van der Waals surface area contributed by atoms with Crippen molar-refractivity contribution in [2.24, 2.45) is 5.41 Å². The van der Waals surface area contributed by atoms with Gasteiger partial charge in [0.25, 0.3) is 5.91 Å². The van der Waals surface area contributed by atoms with Gasteiger partial charge in [-0.1, -0.05) is 12.1 Å². The van der Waals surface area contributed by atoms with Crippen molar-refractivity contribution < 1.29 is 22.4 Å². The number of pyridine rings is 1. The van der Waals surface area contributed by atoms with Gasteiger partial charge in [0.15, 0.2) is 5.78 Å². The van der Waals surface area contributed by atoms with Crippen molar-refractivity contribution in [3.8, 4) is 0 Å². The molecular formula is C22H22FN3O4S. The van der Waals surface area contributed by atoms with Crippen LogP contribution in [0, 0.1) is 11.2 Å². The van der Waals surface area contributed by atoms with Crippen LogP contribution in [-0.2, 0) is 10.0 Å². The number of aromatic nitrogens is 1. The third-order valence-electron chi connectivity index (χ3n) is 6.70. The standard InChI is InChI=1S/C22H22FN3O4S/c1-14-9-18(27)20-16(5-4-8-24-20)21(28)26(14)15-10-22(11-15)12-25(13-22)31(29,30)19-7-3-2-6-17(19)23/h2-8,14-15H,9-13H2,1H3. The Bertz CT molecular complexity index is 1180. The molecule has 1 saturated carbocycles. The first-order chi connectivity index (χ1) is 14.7. The number of rotatable bonds is 3. The summed E-state index contributed by atoms with van der Waals surface area (Å²) >= 11 is 0. The highest BCUT2D eigenvalue weighted by Gasteiger charge is 2.58. The van der Waals surface area contributed by atoms with Crippen LogP contribution in [0.4, 0.5) is 4.39 Å². The van der Waals surface area contributed by atoms with Gasteiger partial charge in [0.05, 0.1) is 5.56 Å². The van der Waals surface area contributed by atoms with Crippen LogP contribution in [0.2, 0.25) is 0 Å². The largest absolute Gasteiger partial charge is 0.332 e. The number of Topliss-reactive ketones (excluding diaryl/α,β-unsaturated/α-hetero) is 1. The number of fused-ring (bicyclic) bond motifs is 1. The van der Waals surface area contributed by atoms with Crippen LogP contribution in [0.1, 0.15) is 47.0 Å². The van der Waals surface area contributed by atoms with Crippen molar-refractivity contribution in [1.82, 2.24) is 14.2 Å². The molecule has 162 valence electrons. The SMILES string of the molecule is CC1CC(=O)c2ncccc2C(=O)N1C1CC2(C1)CN(S(=O)(=O)c1ccccc1F)C2. The second-order valence-corrected chi connectivity index (χ2v) is 10.8. The van der Waals surface area contributed by atoms with E-state index in [1.165, 1.54) is 28.7 Å². The number of carbonyl (C=O) groups is 2. The van der Waals surface area contributed by atoms with Crippen molar-refractivity contribution >= 4 is 21.7 Å². The lowest BCUT2D eigenvalue weighted by Crippen LogP contribution is -2.68. The fraction of sp³-hybridized carbons (Fsp3) is 0.409. The molecule has 1 aromatic carbocycles. The molecule has 1 amide bonds. The molecule has 7 nitrogen and oxygen atoms in total. The molecule has 2 aromatic rings. The highest BCUT2D eigenvalue weighted by Crippen LogP contribution is 2.52. The van der Waals surface area contributed by atoms with E-state index in [-0.39, 0.29) is 46.2 Å². The van der Waals surface area contributed by atoms with Crippen LogP contribution in [-0.4, -0.2) is 59.5 Å². The Morgan fingerprint density at radius 3 is 2.52 bits per heavy atom. The molecular weight excluding hydrogens is 421 g/mol. The lowest BCUT2D eigenvalue weighted by atomic mass is 9.61. The van der Waals surface area contributed by atoms with Gasteiger partial charge < -0.3 is 4.90 Å². The minimum atomic E-state index is -3.87. The lowest BCUT2D eigenvalue weighted by molar-refractivity contribution is -0.0735. The van der Waals surface area contributed by atoms with E-state index in [0.717, 1.165) is 6.07 Å². The van der Waals surface area contributed by atoms with Gasteiger partial charge in [0.1, 0.15) is 16.4 Å². The molecule has 5 rings (SSSR count). The van der Waals surface area contributed by atoms with Gasteiger partial charge in [0, 0.05) is 43.2 Å². The summed E-state index contributed by atoms with van der Waals surface area (Å²) in [6, 6.07) is 8.36. The fourth-order valence-electron chi connectivity index (χ4n) is 5.19. The number of sulfonamides is 1. The van der Waals surface area contributed by atoms with Crippen molar-refractivity contribution in [2.75, 3.05) is 13.1 Å². The van der Waals surface area contributed by atoms with E-state index in [4.69, 9.17) is 0 Å². The summed E-state index contributed by atoms with van der Waals surface area (Å²) in [5, 5.41) is 0. The molecule has 0 bridgehead atoms. The molecule has 2 fully saturated rings. The first kappa shape index (κ1) is 20.3. The quantitative estimate of drug-likeness (QED) is 0.727. The first-order valence-electron chi connectivity index (χ1n) is 10.3. The molecule has 1 aliphatic carbocycles. The van der Waals surface area contributed by atoms with Gasteiger partial charge in [-0.3, -0.25) is 14.6 Å². The van der Waals surface area contributed by atoms with Crippen molar-refractivity contribution in [2.45, 2.75) is 43.2 Å². The molecule has 3 aliphatic rings. The van der Waals surface area contributed by atoms with E-state index in [2.05, 4.69) is 4.98 Å². The minimum Gasteiger partial charge on any atom is -0.332 e. The van der Waals surface area contributed by atoms with Gasteiger partial charge in [-0.25, -0.2) is 12.8 Å². The monoisotopic (exact) mass is 443 g/mol. The summed E-state index contributed by atoms with van der Waals surface area (Å²) in [5.41, 5.74) is 0.355. The van der Waals surface area contributed by atoms with Crippen molar-refractivity contribution in [1.29, 1.82) is 0 Å². The number of hydrogen-bond donors (Lipinski definition) is 0. The second kappa shape index (κ2) is 6.93. The summed E-state index contributed by atoms with van der Waals surface area (Å²) in [6.45, 7) is 2.49. The summed E-state index contributed by atoms with van der Waals surface area (Å²) in [5.74, 6) is -1.09. The number of ketones is 1. The van der Waals surface area contributed by atoms with E-state index in [0.29, 0.717) is 31.5 Å². The Labute approximate surface area is 179 Å². The van der Waals surface area contributed by atoms with E-state index in [1.807, 2.05) is 6.92 Å². The summed E-state index contributed by atoms with van der Waals surface area (Å²) in [4.78, 5) is 31.3. The predicted molar refractivity (Wildman–Crippen MR) is 109 cm³/mol. The van der Waals surface area contributed by atoms with Crippen LogP contribution >= 0.6 is 0 Å². The normalized spacial score (nSPS) is 23.8. The summed E-state index contributed by atoms with van der Waals surface area (Å²) < 4.78 is 40.8. The number of amides is 1. The molecule has 1 atom stereocenters. The van der Waals surface area contributed by atoms with Crippen LogP contribution in [0.5, 0.6) is 0 Å². The second-order valence-electron chi connectivity index (χ2n) is 8.85. The zero-order valence-electron chi connectivity index (χ0n) is 17.0. The predicted octanol–water partition coefficient (Wildman–Crippen LogP) is 2.49. The molecule has 1 aromatic heterocycles. The van der Waals surface area contributed by atoms with Gasteiger partial charge in [-0.05, 0) is 44.0 Å². The molecule has 3 heterocycles. The van der Waals surface area contributed by atoms with Crippen LogP contribution in [0.25, 0.3) is 0 Å². The van der Waals surface area contributed by atoms with E-state index in [9.17, 15) is 22.4 Å². The maximum Gasteiger partial charge on any atom is 0.256 e. The number of halogens is 1. The molecule has 1 saturated heterocycles. The maximum absolute atomic E-state index is 14.0. The van der Waals surface area contributed by atoms with Gasteiger partial charge >= 0.3 is 0 Å².